The van der Waals surface area contributed by atoms with Gasteiger partial charge in [0.1, 0.15) is 0 Å². The van der Waals surface area contributed by atoms with Crippen molar-refractivity contribution in [1.82, 2.24) is 14.5 Å². The fraction of sp³-hybridized carbons (Fsp3) is 0.0377. The SMILES string of the molecule is C1=NCCc2c1c1cc(-c3cc(-c4ccccc4)nc(-c4cccc(-c5c6ccccc6c(-c6ccccc6)c6ccccc56)c4)n3)ccc1n2-c1ccccc1. The van der Waals surface area contributed by atoms with Gasteiger partial charge in [0.05, 0.1) is 16.9 Å². The Morgan fingerprint density at radius 1 is 0.404 bits per heavy atom. The van der Waals surface area contributed by atoms with Gasteiger partial charge in [-0.3, -0.25) is 4.99 Å². The summed E-state index contributed by atoms with van der Waals surface area (Å²) in [6.07, 6.45) is 2.95. The van der Waals surface area contributed by atoms with Crippen LogP contribution in [-0.4, -0.2) is 27.3 Å². The van der Waals surface area contributed by atoms with Crippen molar-refractivity contribution in [1.29, 1.82) is 0 Å². The van der Waals surface area contributed by atoms with Gasteiger partial charge in [0, 0.05) is 58.2 Å². The summed E-state index contributed by atoms with van der Waals surface area (Å²) in [7, 11) is 0. The van der Waals surface area contributed by atoms with Gasteiger partial charge in [-0.05, 0) is 80.2 Å². The number of aromatic nitrogens is 3. The predicted octanol–water partition coefficient (Wildman–Crippen LogP) is 13.0. The third-order valence-electron chi connectivity index (χ3n) is 11.3. The Morgan fingerprint density at radius 3 is 1.61 bits per heavy atom. The number of hydrogen-bond donors (Lipinski definition) is 0. The van der Waals surface area contributed by atoms with Gasteiger partial charge >= 0.3 is 0 Å². The van der Waals surface area contributed by atoms with Crippen molar-refractivity contribution >= 4 is 38.7 Å². The van der Waals surface area contributed by atoms with Crippen molar-refractivity contribution in [3.05, 3.63) is 199 Å². The minimum atomic E-state index is 0.688. The Kier molecular flexibility index (Phi) is 7.92. The van der Waals surface area contributed by atoms with Crippen LogP contribution in [0.3, 0.4) is 0 Å². The van der Waals surface area contributed by atoms with E-state index in [1.165, 1.54) is 60.4 Å². The van der Waals surface area contributed by atoms with E-state index >= 15 is 0 Å². The van der Waals surface area contributed by atoms with Crippen LogP contribution in [0.1, 0.15) is 11.3 Å². The van der Waals surface area contributed by atoms with Gasteiger partial charge in [-0.2, -0.15) is 0 Å². The molecule has 0 amide bonds. The maximum Gasteiger partial charge on any atom is 0.160 e. The van der Waals surface area contributed by atoms with Crippen molar-refractivity contribution in [3.8, 4) is 61.8 Å². The van der Waals surface area contributed by atoms with E-state index in [1.54, 1.807) is 0 Å². The molecule has 0 fully saturated rings. The third-order valence-corrected chi connectivity index (χ3v) is 11.3. The highest BCUT2D eigenvalue weighted by molar-refractivity contribution is 6.21. The van der Waals surface area contributed by atoms with Crippen LogP contribution in [-0.2, 0) is 6.42 Å². The molecule has 1 aliphatic heterocycles. The molecule has 4 nitrogen and oxygen atoms in total. The van der Waals surface area contributed by atoms with Crippen LogP contribution < -0.4 is 0 Å². The Balaban J connectivity index is 1.10. The van der Waals surface area contributed by atoms with E-state index in [2.05, 4.69) is 193 Å². The van der Waals surface area contributed by atoms with Gasteiger partial charge in [-0.15, -0.1) is 0 Å². The van der Waals surface area contributed by atoms with Crippen LogP contribution in [0.4, 0.5) is 0 Å². The van der Waals surface area contributed by atoms with Crippen LogP contribution in [0.15, 0.2) is 193 Å². The van der Waals surface area contributed by atoms with Crippen LogP contribution in [0, 0.1) is 0 Å². The second-order valence-corrected chi connectivity index (χ2v) is 14.7. The van der Waals surface area contributed by atoms with Gasteiger partial charge in [-0.25, -0.2) is 9.97 Å². The minimum Gasteiger partial charge on any atom is -0.313 e. The fourth-order valence-corrected chi connectivity index (χ4v) is 8.77. The summed E-state index contributed by atoms with van der Waals surface area (Å²) in [5.74, 6) is 0.688. The molecule has 0 bridgehead atoms. The molecule has 0 spiro atoms. The number of rotatable bonds is 6. The lowest BCUT2D eigenvalue weighted by atomic mass is 9.85. The molecule has 0 saturated heterocycles. The van der Waals surface area contributed by atoms with Crippen molar-refractivity contribution in [2.24, 2.45) is 4.99 Å². The van der Waals surface area contributed by atoms with Crippen LogP contribution in [0.5, 0.6) is 0 Å². The number of benzene rings is 8. The zero-order valence-corrected chi connectivity index (χ0v) is 31.2. The van der Waals surface area contributed by atoms with Gasteiger partial charge in [0.2, 0.25) is 0 Å². The van der Waals surface area contributed by atoms with Gasteiger partial charge in [0.25, 0.3) is 0 Å². The molecule has 0 aliphatic carbocycles. The molecule has 268 valence electrons. The van der Waals surface area contributed by atoms with Crippen molar-refractivity contribution in [3.63, 3.8) is 0 Å². The Hall–Kier alpha value is -7.43. The Labute approximate surface area is 331 Å². The Bertz CT molecular complexity index is 3110. The van der Waals surface area contributed by atoms with Gasteiger partial charge < -0.3 is 4.57 Å². The maximum absolute atomic E-state index is 5.34. The molecule has 8 aromatic carbocycles. The standard InChI is InChI=1S/C53H36N4/c1-4-15-35(16-5-1)47-33-48(37-27-28-49-45(32-37)46-34-54-30-29-50(46)57(49)40-21-8-3-9-22-40)56-53(55-47)39-20-14-19-38(31-39)52-43-25-12-10-23-41(43)51(36-17-6-2-7-18-36)42-24-11-13-26-44(42)52/h1-28,31-34H,29-30H2. The predicted molar refractivity (Wildman–Crippen MR) is 237 cm³/mol. The first-order chi connectivity index (χ1) is 28.3. The summed E-state index contributed by atoms with van der Waals surface area (Å²) in [6.45, 7) is 0.792. The summed E-state index contributed by atoms with van der Waals surface area (Å²) < 4.78 is 2.39. The average molecular weight is 729 g/mol. The van der Waals surface area contributed by atoms with Crippen LogP contribution in [0.25, 0.3) is 94.3 Å². The van der Waals surface area contributed by atoms with E-state index in [9.17, 15) is 0 Å². The first kappa shape index (κ1) is 33.0. The second-order valence-electron chi connectivity index (χ2n) is 14.7. The molecule has 0 unspecified atom stereocenters. The van der Waals surface area contributed by atoms with E-state index in [1.807, 2.05) is 6.07 Å². The van der Waals surface area contributed by atoms with E-state index in [0.717, 1.165) is 52.3 Å². The zero-order chi connectivity index (χ0) is 37.7. The van der Waals surface area contributed by atoms with Gasteiger partial charge in [0.15, 0.2) is 5.82 Å². The second kappa shape index (κ2) is 13.7. The minimum absolute atomic E-state index is 0.688. The maximum atomic E-state index is 5.34. The normalized spacial score (nSPS) is 12.4. The highest BCUT2D eigenvalue weighted by Crippen LogP contribution is 2.44. The number of nitrogens with zero attached hydrogens (tertiary/aromatic N) is 4. The highest BCUT2D eigenvalue weighted by Gasteiger charge is 2.21. The summed E-state index contributed by atoms with van der Waals surface area (Å²) in [6, 6.07) is 67.0. The third kappa shape index (κ3) is 5.65. The monoisotopic (exact) mass is 728 g/mol. The quantitative estimate of drug-likeness (QED) is 0.160. The van der Waals surface area contributed by atoms with Crippen LogP contribution >= 0.6 is 0 Å². The Morgan fingerprint density at radius 2 is 0.947 bits per heavy atom. The summed E-state index contributed by atoms with van der Waals surface area (Å²) in [5, 5.41) is 6.08. The molecule has 10 aromatic rings. The lowest BCUT2D eigenvalue weighted by molar-refractivity contribution is 0.875. The zero-order valence-electron chi connectivity index (χ0n) is 31.2. The molecule has 0 saturated carbocycles. The molecular weight excluding hydrogens is 693 g/mol. The lowest BCUT2D eigenvalue weighted by Crippen LogP contribution is -2.07. The fourth-order valence-electron chi connectivity index (χ4n) is 8.77. The van der Waals surface area contributed by atoms with Crippen molar-refractivity contribution in [2.75, 3.05) is 6.54 Å². The lowest BCUT2D eigenvalue weighted by Gasteiger charge is -2.18. The van der Waals surface area contributed by atoms with Crippen molar-refractivity contribution < 1.29 is 0 Å². The smallest absolute Gasteiger partial charge is 0.160 e. The van der Waals surface area contributed by atoms with Crippen molar-refractivity contribution in [2.45, 2.75) is 6.42 Å². The molecular formula is C53H36N4. The number of aliphatic imine (C=N–C) groups is 1. The molecule has 1 aliphatic rings. The molecule has 3 heterocycles. The molecule has 0 radical (unpaired) electrons. The molecule has 4 heteroatoms. The van der Waals surface area contributed by atoms with Crippen LogP contribution in [0.2, 0.25) is 0 Å². The van der Waals surface area contributed by atoms with E-state index < -0.39 is 0 Å². The van der Waals surface area contributed by atoms with E-state index in [0.29, 0.717) is 5.82 Å². The highest BCUT2D eigenvalue weighted by atomic mass is 15.0. The molecule has 2 aromatic heterocycles. The van der Waals surface area contributed by atoms with E-state index in [-0.39, 0.29) is 0 Å². The topological polar surface area (TPSA) is 43.1 Å². The first-order valence-electron chi connectivity index (χ1n) is 19.6. The number of hydrogen-bond acceptors (Lipinski definition) is 3. The van der Waals surface area contributed by atoms with E-state index in [4.69, 9.17) is 15.0 Å². The first-order valence-corrected chi connectivity index (χ1v) is 19.6. The molecule has 0 N–H and O–H groups in total. The molecule has 0 atom stereocenters. The number of fused-ring (bicyclic) bond motifs is 5. The number of para-hydroxylation sites is 1. The molecule has 11 rings (SSSR count). The largest absolute Gasteiger partial charge is 0.313 e. The summed E-state index contributed by atoms with van der Waals surface area (Å²) in [5.41, 5.74) is 14.4. The molecule has 57 heavy (non-hydrogen) atoms. The average Bonchev–Trinajstić information content (AvgIpc) is 3.62. The van der Waals surface area contributed by atoms with Gasteiger partial charge in [-0.1, -0.05) is 152 Å². The summed E-state index contributed by atoms with van der Waals surface area (Å²) in [4.78, 5) is 15.3. The summed E-state index contributed by atoms with van der Waals surface area (Å²) >= 11 is 0.